The first kappa shape index (κ1) is 17.5. The Morgan fingerprint density at radius 2 is 0.792 bits per heavy atom. The fraction of sp³-hybridized carbons (Fsp3) is 0.200. The summed E-state index contributed by atoms with van der Waals surface area (Å²) in [7, 11) is 0. The zero-order valence-electron chi connectivity index (χ0n) is 12.2. The fourth-order valence-corrected chi connectivity index (χ4v) is 13.2. The van der Waals surface area contributed by atoms with Crippen molar-refractivity contribution in [2.45, 2.75) is 16.3 Å². The van der Waals surface area contributed by atoms with E-state index in [9.17, 15) is 35.1 Å². The Kier molecular flexibility index (Phi) is 3.89. The number of hydrogen-bond acceptors (Lipinski definition) is 0. The van der Waals surface area contributed by atoms with Gasteiger partial charge in [0.05, 0.1) is 0 Å². The molecule has 0 spiro atoms. The van der Waals surface area contributed by atoms with Crippen LogP contribution >= 0.6 is 0 Å². The van der Waals surface area contributed by atoms with Crippen molar-refractivity contribution < 1.29 is 35.1 Å². The zero-order valence-corrected chi connectivity index (χ0v) is 15.1. The van der Waals surface area contributed by atoms with Gasteiger partial charge in [0.2, 0.25) is 0 Å². The predicted octanol–water partition coefficient (Wildman–Crippen LogP) is 3.53. The van der Waals surface area contributed by atoms with E-state index in [1.807, 2.05) is 0 Å². The molecule has 1 aliphatic rings. The van der Waals surface area contributed by atoms with E-state index in [4.69, 9.17) is 0 Å². The molecular weight excluding hydrogens is 451 g/mol. The quantitative estimate of drug-likeness (QED) is 0.245. The van der Waals surface area contributed by atoms with E-state index in [1.165, 1.54) is 9.88 Å². The number of hydrogen-bond donors (Lipinski definition) is 0. The van der Waals surface area contributed by atoms with Crippen LogP contribution in [0.25, 0.3) is 0 Å². The molecule has 3 rings (SSSR count). The minimum atomic E-state index is -4.64. The summed E-state index contributed by atoms with van der Waals surface area (Å²) in [5.74, 6) is -15.2. The molecule has 0 atom stereocenters. The van der Waals surface area contributed by atoms with E-state index in [-0.39, 0.29) is 0 Å². The van der Waals surface area contributed by atoms with Crippen LogP contribution < -0.4 is 7.16 Å². The minimum absolute atomic E-state index is 0.558. The van der Waals surface area contributed by atoms with Crippen LogP contribution in [0.4, 0.5) is 35.1 Å². The molecule has 0 aromatic heterocycles. The normalized spacial score (nSPS) is 15.2. The molecule has 0 saturated carbocycles. The molecule has 0 nitrogen and oxygen atoms in total. The van der Waals surface area contributed by atoms with Crippen LogP contribution in [0.1, 0.15) is 11.1 Å². The van der Waals surface area contributed by atoms with E-state index >= 15 is 0 Å². The van der Waals surface area contributed by atoms with Gasteiger partial charge in [-0.2, -0.15) is 0 Å². The third-order valence-corrected chi connectivity index (χ3v) is 14.4. The van der Waals surface area contributed by atoms with Gasteiger partial charge >= 0.3 is 135 Å². The summed E-state index contributed by atoms with van der Waals surface area (Å²) < 4.78 is 109. The van der Waals surface area contributed by atoms with Gasteiger partial charge in [0.1, 0.15) is 0 Å². The van der Waals surface area contributed by atoms with Crippen molar-refractivity contribution in [2.24, 2.45) is 0 Å². The number of rotatable bonds is 0. The van der Waals surface area contributed by atoms with Crippen LogP contribution in [0, 0.1) is 46.5 Å². The van der Waals surface area contributed by atoms with Crippen molar-refractivity contribution >= 4 is 25.5 Å². The van der Waals surface area contributed by atoms with Crippen molar-refractivity contribution in [2.75, 3.05) is 0 Å². The molecule has 0 amide bonds. The van der Waals surface area contributed by atoms with Crippen LogP contribution in [0.15, 0.2) is 0 Å². The van der Waals surface area contributed by atoms with E-state index in [1.54, 1.807) is 0 Å². The Morgan fingerprint density at radius 3 is 1.12 bits per heavy atom. The molecule has 1 heterocycles. The number of fused-ring (bicyclic) bond motifs is 2. The van der Waals surface area contributed by atoms with Gasteiger partial charge in [-0.05, 0) is 0 Å². The second-order valence-corrected chi connectivity index (χ2v) is 18.2. The molecule has 2 aromatic carbocycles. The summed E-state index contributed by atoms with van der Waals surface area (Å²) in [5.41, 5.74) is -1.35. The first-order valence-electron chi connectivity index (χ1n) is 6.72. The Hall–Kier alpha value is -1.32. The van der Waals surface area contributed by atoms with Gasteiger partial charge in [-0.25, -0.2) is 0 Å². The molecule has 2 aromatic rings. The second-order valence-electron chi connectivity index (χ2n) is 6.02. The Labute approximate surface area is 135 Å². The molecule has 0 saturated heterocycles. The van der Waals surface area contributed by atoms with Gasteiger partial charge in [0, 0.05) is 0 Å². The van der Waals surface area contributed by atoms with Gasteiger partial charge < -0.3 is 0 Å². The summed E-state index contributed by atoms with van der Waals surface area (Å²) >= 11 is -4.64. The predicted molar refractivity (Wildman–Crippen MR) is 72.1 cm³/mol. The van der Waals surface area contributed by atoms with E-state index in [0.29, 0.717) is 0 Å². The average Bonchev–Trinajstić information content (AvgIpc) is 2.52. The van der Waals surface area contributed by atoms with E-state index < -0.39 is 89.6 Å². The molecule has 0 aliphatic carbocycles. The van der Waals surface area contributed by atoms with Crippen molar-refractivity contribution in [3.8, 4) is 0 Å². The number of benzene rings is 2. The molecule has 9 heteroatoms. The molecule has 0 radical (unpaired) electrons. The topological polar surface area (TPSA) is 0 Å². The summed E-state index contributed by atoms with van der Waals surface area (Å²) in [5, 5.41) is 0. The molecule has 128 valence electrons. The first-order chi connectivity index (χ1) is 11.0. The van der Waals surface area contributed by atoms with Gasteiger partial charge in [0.25, 0.3) is 0 Å². The average molecular weight is 459 g/mol. The fourth-order valence-electron chi connectivity index (χ4n) is 3.29. The van der Waals surface area contributed by atoms with Crippen molar-refractivity contribution in [3.05, 3.63) is 57.7 Å². The third-order valence-electron chi connectivity index (χ3n) is 4.33. The Bertz CT molecular complexity index is 832. The SMILES string of the molecule is [CH3][Sn]1([CH3])[c]2c(F)c(F)c(F)c(F)c2Cc2c(F)c(F)c(F)c(F)[c]21. The first-order valence-corrected chi connectivity index (χ1v) is 15.3. The van der Waals surface area contributed by atoms with Crippen molar-refractivity contribution in [3.63, 3.8) is 0 Å². The van der Waals surface area contributed by atoms with Crippen LogP contribution in [-0.2, 0) is 6.42 Å². The maximum atomic E-state index is 14.2. The van der Waals surface area contributed by atoms with Gasteiger partial charge in [-0.3, -0.25) is 0 Å². The number of halogens is 8. The van der Waals surface area contributed by atoms with Gasteiger partial charge in [-0.1, -0.05) is 0 Å². The summed E-state index contributed by atoms with van der Waals surface area (Å²) in [6.45, 7) is 0. The zero-order chi connectivity index (χ0) is 18.1. The van der Waals surface area contributed by atoms with Crippen molar-refractivity contribution in [1.29, 1.82) is 0 Å². The van der Waals surface area contributed by atoms with Gasteiger partial charge in [0.15, 0.2) is 0 Å². The van der Waals surface area contributed by atoms with Crippen LogP contribution in [-0.4, -0.2) is 18.4 Å². The molecule has 1 aliphatic heterocycles. The molecule has 0 unspecified atom stereocenters. The Morgan fingerprint density at radius 1 is 0.500 bits per heavy atom. The standard InChI is InChI=1S/C13H2F8.2CH3.Sn/c14-6-2-4(8(16)12(20)10(6)18)1-5-3-7(15)11(19)13(21)9(5)17;;;/h1H2;2*1H3;. The summed E-state index contributed by atoms with van der Waals surface area (Å²) in [4.78, 5) is 2.51. The summed E-state index contributed by atoms with van der Waals surface area (Å²) in [6, 6.07) is 0. The molecular formula is C15H8F8Sn. The second kappa shape index (κ2) is 5.34. The monoisotopic (exact) mass is 460 g/mol. The molecule has 0 N–H and O–H groups in total. The van der Waals surface area contributed by atoms with E-state index in [2.05, 4.69) is 0 Å². The molecule has 24 heavy (non-hydrogen) atoms. The third kappa shape index (κ3) is 2.04. The van der Waals surface area contributed by atoms with Crippen LogP contribution in [0.3, 0.4) is 0 Å². The summed E-state index contributed by atoms with van der Waals surface area (Å²) in [6.07, 6.45) is -0.898. The van der Waals surface area contributed by atoms with Crippen molar-refractivity contribution in [1.82, 2.24) is 0 Å². The van der Waals surface area contributed by atoms with Crippen LogP contribution in [0.5, 0.6) is 0 Å². The maximum absolute atomic E-state index is 14.2. The Balaban J connectivity index is 2.49. The van der Waals surface area contributed by atoms with Crippen LogP contribution in [0.2, 0.25) is 9.88 Å². The molecule has 0 fully saturated rings. The molecule has 0 bridgehead atoms. The van der Waals surface area contributed by atoms with Gasteiger partial charge in [-0.15, -0.1) is 0 Å². The van der Waals surface area contributed by atoms with E-state index in [0.717, 1.165) is 0 Å².